The van der Waals surface area contributed by atoms with Crippen LogP contribution in [0.15, 0.2) is 24.5 Å². The SMILES string of the molecule is c1cc(N2CCNCC2)c2nc[nH]c2c1. The van der Waals surface area contributed by atoms with Gasteiger partial charge < -0.3 is 15.2 Å². The lowest BCUT2D eigenvalue weighted by Crippen LogP contribution is -2.43. The summed E-state index contributed by atoms with van der Waals surface area (Å²) in [6.45, 7) is 4.24. The molecule has 0 atom stereocenters. The lowest BCUT2D eigenvalue weighted by Gasteiger charge is -2.29. The lowest BCUT2D eigenvalue weighted by atomic mass is 10.2. The second-order valence-electron chi connectivity index (χ2n) is 3.81. The van der Waals surface area contributed by atoms with Crippen LogP contribution < -0.4 is 10.2 Å². The van der Waals surface area contributed by atoms with Crippen molar-refractivity contribution >= 4 is 16.7 Å². The van der Waals surface area contributed by atoms with Gasteiger partial charge in [-0.15, -0.1) is 0 Å². The Hall–Kier alpha value is -1.55. The molecule has 4 heteroatoms. The number of fused-ring (bicyclic) bond motifs is 1. The normalized spacial score (nSPS) is 17.2. The van der Waals surface area contributed by atoms with E-state index in [4.69, 9.17) is 0 Å². The highest BCUT2D eigenvalue weighted by Crippen LogP contribution is 2.23. The van der Waals surface area contributed by atoms with E-state index in [2.05, 4.69) is 38.4 Å². The van der Waals surface area contributed by atoms with Gasteiger partial charge >= 0.3 is 0 Å². The lowest BCUT2D eigenvalue weighted by molar-refractivity contribution is 0.590. The number of piperazine rings is 1. The first-order chi connectivity index (χ1) is 7.45. The smallest absolute Gasteiger partial charge is 0.112 e. The third-order valence-corrected chi connectivity index (χ3v) is 2.89. The molecule has 1 aromatic carbocycles. The maximum Gasteiger partial charge on any atom is 0.112 e. The van der Waals surface area contributed by atoms with Crippen molar-refractivity contribution in [3.8, 4) is 0 Å². The molecule has 3 rings (SSSR count). The van der Waals surface area contributed by atoms with Gasteiger partial charge in [0.25, 0.3) is 0 Å². The summed E-state index contributed by atoms with van der Waals surface area (Å²) in [7, 11) is 0. The Bertz CT molecular complexity index is 456. The summed E-state index contributed by atoms with van der Waals surface area (Å²) < 4.78 is 0. The zero-order chi connectivity index (χ0) is 10.1. The van der Waals surface area contributed by atoms with Crippen LogP contribution >= 0.6 is 0 Å². The van der Waals surface area contributed by atoms with Crippen molar-refractivity contribution in [3.05, 3.63) is 24.5 Å². The fourth-order valence-corrected chi connectivity index (χ4v) is 2.11. The van der Waals surface area contributed by atoms with Gasteiger partial charge in [-0.05, 0) is 12.1 Å². The van der Waals surface area contributed by atoms with Crippen molar-refractivity contribution in [1.82, 2.24) is 15.3 Å². The molecule has 15 heavy (non-hydrogen) atoms. The molecule has 2 aromatic rings. The molecule has 78 valence electrons. The molecular weight excluding hydrogens is 188 g/mol. The van der Waals surface area contributed by atoms with Crippen LogP contribution in [0.3, 0.4) is 0 Å². The number of hydrogen-bond acceptors (Lipinski definition) is 3. The number of imidazole rings is 1. The Labute approximate surface area is 88.3 Å². The molecule has 0 saturated carbocycles. The first-order valence-corrected chi connectivity index (χ1v) is 5.33. The maximum atomic E-state index is 4.38. The fraction of sp³-hybridized carbons (Fsp3) is 0.364. The molecule has 0 amide bonds. The van der Waals surface area contributed by atoms with Gasteiger partial charge in [0, 0.05) is 26.2 Å². The Morgan fingerprint density at radius 2 is 2.07 bits per heavy atom. The van der Waals surface area contributed by atoms with Gasteiger partial charge in [0.05, 0.1) is 17.5 Å². The molecule has 2 N–H and O–H groups in total. The highest BCUT2D eigenvalue weighted by molar-refractivity contribution is 5.88. The Morgan fingerprint density at radius 3 is 2.93 bits per heavy atom. The van der Waals surface area contributed by atoms with Gasteiger partial charge in [0.15, 0.2) is 0 Å². The summed E-state index contributed by atoms with van der Waals surface area (Å²) in [6.07, 6.45) is 1.76. The average Bonchev–Trinajstić information content (AvgIpc) is 2.78. The second-order valence-corrected chi connectivity index (χ2v) is 3.81. The number of rotatable bonds is 1. The van der Waals surface area contributed by atoms with Gasteiger partial charge in [-0.2, -0.15) is 0 Å². The number of nitrogens with zero attached hydrogens (tertiary/aromatic N) is 2. The van der Waals surface area contributed by atoms with E-state index in [1.54, 1.807) is 6.33 Å². The number of aromatic amines is 1. The Balaban J connectivity index is 2.05. The highest BCUT2D eigenvalue weighted by atomic mass is 15.2. The van der Waals surface area contributed by atoms with Crippen LogP contribution in [0.4, 0.5) is 5.69 Å². The summed E-state index contributed by atoms with van der Waals surface area (Å²) in [5, 5.41) is 3.36. The number of hydrogen-bond donors (Lipinski definition) is 2. The van der Waals surface area contributed by atoms with Crippen LogP contribution in [-0.2, 0) is 0 Å². The molecule has 1 aromatic heterocycles. The number of H-pyrrole nitrogens is 1. The van der Waals surface area contributed by atoms with E-state index < -0.39 is 0 Å². The predicted molar refractivity (Wildman–Crippen MR) is 61.2 cm³/mol. The monoisotopic (exact) mass is 202 g/mol. The molecule has 0 radical (unpaired) electrons. The first kappa shape index (κ1) is 8.73. The molecule has 0 aliphatic carbocycles. The van der Waals surface area contributed by atoms with Crippen molar-refractivity contribution in [2.24, 2.45) is 0 Å². The van der Waals surface area contributed by atoms with E-state index >= 15 is 0 Å². The number of benzene rings is 1. The van der Waals surface area contributed by atoms with Gasteiger partial charge in [-0.3, -0.25) is 0 Å². The minimum atomic E-state index is 1.06. The molecule has 2 heterocycles. The van der Waals surface area contributed by atoms with Gasteiger partial charge in [0.2, 0.25) is 0 Å². The number of anilines is 1. The number of nitrogens with one attached hydrogen (secondary N) is 2. The quantitative estimate of drug-likeness (QED) is 0.724. The Kier molecular flexibility index (Phi) is 2.07. The zero-order valence-electron chi connectivity index (χ0n) is 8.53. The van der Waals surface area contributed by atoms with Crippen LogP contribution in [-0.4, -0.2) is 36.1 Å². The van der Waals surface area contributed by atoms with Crippen molar-refractivity contribution in [2.45, 2.75) is 0 Å². The van der Waals surface area contributed by atoms with Crippen molar-refractivity contribution < 1.29 is 0 Å². The molecule has 1 fully saturated rings. The van der Waals surface area contributed by atoms with Crippen LogP contribution in [0.2, 0.25) is 0 Å². The van der Waals surface area contributed by atoms with Gasteiger partial charge in [-0.1, -0.05) is 6.07 Å². The van der Waals surface area contributed by atoms with Crippen LogP contribution in [0.1, 0.15) is 0 Å². The molecule has 1 aliphatic heterocycles. The first-order valence-electron chi connectivity index (χ1n) is 5.33. The Morgan fingerprint density at radius 1 is 1.20 bits per heavy atom. The van der Waals surface area contributed by atoms with E-state index in [1.165, 1.54) is 5.69 Å². The molecular formula is C11H14N4. The molecule has 1 saturated heterocycles. The average molecular weight is 202 g/mol. The van der Waals surface area contributed by atoms with E-state index in [0.29, 0.717) is 0 Å². The summed E-state index contributed by atoms with van der Waals surface area (Å²) in [4.78, 5) is 9.91. The molecule has 4 nitrogen and oxygen atoms in total. The minimum Gasteiger partial charge on any atom is -0.367 e. The van der Waals surface area contributed by atoms with Crippen LogP contribution in [0.5, 0.6) is 0 Å². The molecule has 0 bridgehead atoms. The van der Waals surface area contributed by atoms with Gasteiger partial charge in [0.1, 0.15) is 5.52 Å². The van der Waals surface area contributed by atoms with E-state index in [9.17, 15) is 0 Å². The largest absolute Gasteiger partial charge is 0.367 e. The summed E-state index contributed by atoms with van der Waals surface area (Å²) in [5.74, 6) is 0. The third-order valence-electron chi connectivity index (χ3n) is 2.89. The summed E-state index contributed by atoms with van der Waals surface area (Å²) >= 11 is 0. The maximum absolute atomic E-state index is 4.38. The minimum absolute atomic E-state index is 1.06. The fourth-order valence-electron chi connectivity index (χ4n) is 2.11. The van der Waals surface area contributed by atoms with Crippen molar-refractivity contribution in [2.75, 3.05) is 31.1 Å². The van der Waals surface area contributed by atoms with E-state index in [1.807, 2.05) is 0 Å². The van der Waals surface area contributed by atoms with E-state index in [0.717, 1.165) is 37.2 Å². The van der Waals surface area contributed by atoms with Crippen LogP contribution in [0.25, 0.3) is 11.0 Å². The second kappa shape index (κ2) is 3.55. The van der Waals surface area contributed by atoms with Crippen LogP contribution in [0, 0.1) is 0 Å². The topological polar surface area (TPSA) is 44.0 Å². The van der Waals surface area contributed by atoms with E-state index in [-0.39, 0.29) is 0 Å². The predicted octanol–water partition coefficient (Wildman–Crippen LogP) is 0.972. The molecule has 0 spiro atoms. The number of aromatic nitrogens is 2. The molecule has 1 aliphatic rings. The van der Waals surface area contributed by atoms with Crippen molar-refractivity contribution in [3.63, 3.8) is 0 Å². The highest BCUT2D eigenvalue weighted by Gasteiger charge is 2.13. The third kappa shape index (κ3) is 1.47. The summed E-state index contributed by atoms with van der Waals surface area (Å²) in [6, 6.07) is 6.29. The molecule has 0 unspecified atom stereocenters. The van der Waals surface area contributed by atoms with Gasteiger partial charge in [-0.25, -0.2) is 4.98 Å². The number of para-hydroxylation sites is 1. The summed E-state index contributed by atoms with van der Waals surface area (Å²) in [5.41, 5.74) is 3.45. The zero-order valence-corrected chi connectivity index (χ0v) is 8.53. The standard InChI is InChI=1S/C11H14N4/c1-2-9-11(14-8-13-9)10(3-1)15-6-4-12-5-7-15/h1-3,8,12H,4-7H2,(H,13,14). The van der Waals surface area contributed by atoms with Crippen molar-refractivity contribution in [1.29, 1.82) is 0 Å².